The van der Waals surface area contributed by atoms with Crippen LogP contribution in [0.4, 0.5) is 13.2 Å². The molecular formula is C11H17F3N2O3. The smallest absolute Gasteiger partial charge is 0.372 e. The molecule has 0 aromatic heterocycles. The van der Waals surface area contributed by atoms with Crippen LogP contribution in [0.15, 0.2) is 0 Å². The lowest BCUT2D eigenvalue weighted by atomic mass is 10.1. The molecule has 0 unspecified atom stereocenters. The van der Waals surface area contributed by atoms with Crippen LogP contribution in [0.25, 0.3) is 0 Å². The molecular weight excluding hydrogens is 265 g/mol. The number of hydrogen-bond donors (Lipinski definition) is 1. The Morgan fingerprint density at radius 1 is 1.53 bits per heavy atom. The molecule has 1 atom stereocenters. The summed E-state index contributed by atoms with van der Waals surface area (Å²) in [5, 5.41) is 2.64. The van der Waals surface area contributed by atoms with E-state index in [1.807, 2.05) is 0 Å². The summed E-state index contributed by atoms with van der Waals surface area (Å²) in [5.74, 6) is -0.581. The van der Waals surface area contributed by atoms with Crippen molar-refractivity contribution in [2.75, 3.05) is 26.3 Å². The second kappa shape index (κ2) is 6.74. The first-order chi connectivity index (χ1) is 8.85. The first kappa shape index (κ1) is 15.7. The average molecular weight is 282 g/mol. The number of nitrogens with zero attached hydrogens (tertiary/aromatic N) is 1. The van der Waals surface area contributed by atoms with E-state index < -0.39 is 18.8 Å². The molecule has 0 aromatic carbocycles. The van der Waals surface area contributed by atoms with Gasteiger partial charge in [0.25, 0.3) is 0 Å². The van der Waals surface area contributed by atoms with E-state index in [0.29, 0.717) is 19.5 Å². The summed E-state index contributed by atoms with van der Waals surface area (Å²) in [5.41, 5.74) is 0. The predicted octanol–water partition coefficient (Wildman–Crippen LogP) is 0.692. The lowest BCUT2D eigenvalue weighted by molar-refractivity contribution is -0.175. The highest BCUT2D eigenvalue weighted by molar-refractivity contribution is 5.88. The van der Waals surface area contributed by atoms with Gasteiger partial charge in [-0.15, -0.1) is 0 Å². The molecule has 110 valence electrons. The number of rotatable bonds is 5. The minimum Gasteiger partial charge on any atom is -0.372 e. The predicted molar refractivity (Wildman–Crippen MR) is 60.3 cm³/mol. The Labute approximate surface area is 109 Å². The molecule has 19 heavy (non-hydrogen) atoms. The van der Waals surface area contributed by atoms with Gasteiger partial charge in [0.1, 0.15) is 12.6 Å². The van der Waals surface area contributed by atoms with Crippen LogP contribution >= 0.6 is 0 Å². The van der Waals surface area contributed by atoms with Crippen molar-refractivity contribution in [3.05, 3.63) is 0 Å². The maximum Gasteiger partial charge on any atom is 0.411 e. The fraction of sp³-hybridized carbons (Fsp3) is 0.818. The highest BCUT2D eigenvalue weighted by Gasteiger charge is 2.31. The normalized spacial score (nSPS) is 20.3. The second-order valence-electron chi connectivity index (χ2n) is 4.22. The van der Waals surface area contributed by atoms with Crippen molar-refractivity contribution in [3.63, 3.8) is 0 Å². The summed E-state index contributed by atoms with van der Waals surface area (Å²) in [6, 6.07) is -0.538. The SMILES string of the molecule is CC[C@H]1C(=O)NCCN1C(=O)CCOCC(F)(F)F. The van der Waals surface area contributed by atoms with Gasteiger partial charge in [0, 0.05) is 13.1 Å². The Bertz CT molecular complexity index is 334. The molecule has 1 fully saturated rings. The number of hydrogen-bond acceptors (Lipinski definition) is 3. The number of amides is 2. The zero-order valence-electron chi connectivity index (χ0n) is 10.6. The van der Waals surface area contributed by atoms with E-state index in [9.17, 15) is 22.8 Å². The molecule has 1 aliphatic rings. The van der Waals surface area contributed by atoms with Crippen LogP contribution in [0.5, 0.6) is 0 Å². The summed E-state index contributed by atoms with van der Waals surface area (Å²) < 4.78 is 39.9. The van der Waals surface area contributed by atoms with Crippen molar-refractivity contribution in [1.29, 1.82) is 0 Å². The molecule has 0 bridgehead atoms. The van der Waals surface area contributed by atoms with E-state index in [0.717, 1.165) is 0 Å². The highest BCUT2D eigenvalue weighted by atomic mass is 19.4. The van der Waals surface area contributed by atoms with Crippen molar-refractivity contribution in [2.45, 2.75) is 32.0 Å². The molecule has 0 aliphatic carbocycles. The third-order valence-electron chi connectivity index (χ3n) is 2.76. The monoisotopic (exact) mass is 282 g/mol. The Kier molecular flexibility index (Phi) is 5.59. The quantitative estimate of drug-likeness (QED) is 0.755. The summed E-state index contributed by atoms with van der Waals surface area (Å²) in [7, 11) is 0. The van der Waals surface area contributed by atoms with E-state index >= 15 is 0 Å². The van der Waals surface area contributed by atoms with Gasteiger partial charge in [0.2, 0.25) is 11.8 Å². The van der Waals surface area contributed by atoms with Gasteiger partial charge in [0.15, 0.2) is 0 Å². The number of carbonyl (C=O) groups excluding carboxylic acids is 2. The van der Waals surface area contributed by atoms with Gasteiger partial charge in [-0.3, -0.25) is 9.59 Å². The zero-order chi connectivity index (χ0) is 14.5. The van der Waals surface area contributed by atoms with E-state index in [1.165, 1.54) is 4.90 Å². The summed E-state index contributed by atoms with van der Waals surface area (Å²) in [6.07, 6.45) is -4.07. The van der Waals surface area contributed by atoms with Crippen LogP contribution in [0.1, 0.15) is 19.8 Å². The number of nitrogens with one attached hydrogen (secondary N) is 1. The minimum absolute atomic E-state index is 0.153. The third-order valence-corrected chi connectivity index (χ3v) is 2.76. The van der Waals surface area contributed by atoms with Crippen LogP contribution < -0.4 is 5.32 Å². The van der Waals surface area contributed by atoms with Gasteiger partial charge < -0.3 is 15.0 Å². The van der Waals surface area contributed by atoms with Gasteiger partial charge in [-0.1, -0.05) is 6.92 Å². The van der Waals surface area contributed by atoms with Crippen molar-refractivity contribution in [1.82, 2.24) is 10.2 Å². The van der Waals surface area contributed by atoms with Gasteiger partial charge in [-0.2, -0.15) is 13.2 Å². The molecule has 1 N–H and O–H groups in total. The number of alkyl halides is 3. The van der Waals surface area contributed by atoms with Gasteiger partial charge in [0.05, 0.1) is 13.0 Å². The molecule has 1 saturated heterocycles. The Morgan fingerprint density at radius 3 is 2.79 bits per heavy atom. The minimum atomic E-state index is -4.39. The highest BCUT2D eigenvalue weighted by Crippen LogP contribution is 2.15. The Hall–Kier alpha value is -1.31. The van der Waals surface area contributed by atoms with Crippen LogP contribution in [-0.2, 0) is 14.3 Å². The first-order valence-corrected chi connectivity index (χ1v) is 6.07. The van der Waals surface area contributed by atoms with Gasteiger partial charge in [-0.05, 0) is 6.42 Å². The van der Waals surface area contributed by atoms with E-state index in [1.54, 1.807) is 6.92 Å². The Balaban J connectivity index is 2.37. The van der Waals surface area contributed by atoms with Gasteiger partial charge >= 0.3 is 6.18 Å². The lowest BCUT2D eigenvalue weighted by Gasteiger charge is -2.34. The number of ether oxygens (including phenoxy) is 1. The summed E-state index contributed by atoms with van der Waals surface area (Å²) in [4.78, 5) is 24.7. The fourth-order valence-electron chi connectivity index (χ4n) is 1.91. The fourth-order valence-corrected chi connectivity index (χ4v) is 1.91. The number of halogens is 3. The molecule has 0 radical (unpaired) electrons. The molecule has 0 spiro atoms. The molecule has 5 nitrogen and oxygen atoms in total. The molecule has 1 aliphatic heterocycles. The van der Waals surface area contributed by atoms with Crippen molar-refractivity contribution in [2.24, 2.45) is 0 Å². The van der Waals surface area contributed by atoms with Crippen molar-refractivity contribution in [3.8, 4) is 0 Å². The average Bonchev–Trinajstić information content (AvgIpc) is 2.33. The van der Waals surface area contributed by atoms with E-state index in [-0.39, 0.29) is 24.8 Å². The van der Waals surface area contributed by atoms with Gasteiger partial charge in [-0.25, -0.2) is 0 Å². The maximum absolute atomic E-state index is 11.8. The molecule has 0 saturated carbocycles. The second-order valence-corrected chi connectivity index (χ2v) is 4.22. The first-order valence-electron chi connectivity index (χ1n) is 6.07. The van der Waals surface area contributed by atoms with E-state index in [4.69, 9.17) is 0 Å². The number of piperazine rings is 1. The van der Waals surface area contributed by atoms with Crippen LogP contribution in [-0.4, -0.2) is 55.2 Å². The largest absolute Gasteiger partial charge is 0.411 e. The maximum atomic E-state index is 11.8. The number of carbonyl (C=O) groups is 2. The third kappa shape index (κ3) is 5.06. The molecule has 2 amide bonds. The Morgan fingerprint density at radius 2 is 2.21 bits per heavy atom. The lowest BCUT2D eigenvalue weighted by Crippen LogP contribution is -2.57. The van der Waals surface area contributed by atoms with Crippen LogP contribution in [0.3, 0.4) is 0 Å². The summed E-state index contributed by atoms with van der Waals surface area (Å²) >= 11 is 0. The van der Waals surface area contributed by atoms with Crippen molar-refractivity contribution < 1.29 is 27.5 Å². The standard InChI is InChI=1S/C11H17F3N2O3/c1-2-8-10(18)15-4-5-16(8)9(17)3-6-19-7-11(12,13)14/h8H,2-7H2,1H3,(H,15,18)/t8-/m0/s1. The van der Waals surface area contributed by atoms with Crippen molar-refractivity contribution >= 4 is 11.8 Å². The topological polar surface area (TPSA) is 58.6 Å². The zero-order valence-corrected chi connectivity index (χ0v) is 10.6. The summed E-state index contributed by atoms with van der Waals surface area (Å²) in [6.45, 7) is 0.855. The molecule has 1 heterocycles. The molecule has 1 rings (SSSR count). The van der Waals surface area contributed by atoms with Crippen LogP contribution in [0.2, 0.25) is 0 Å². The molecule has 0 aromatic rings. The van der Waals surface area contributed by atoms with Crippen LogP contribution in [0, 0.1) is 0 Å². The molecule has 8 heteroatoms. The van der Waals surface area contributed by atoms with E-state index in [2.05, 4.69) is 10.1 Å².